The Labute approximate surface area is 152 Å². The van der Waals surface area contributed by atoms with E-state index in [9.17, 15) is 18.0 Å². The number of anilines is 1. The molecule has 2 unspecified atom stereocenters. The zero-order chi connectivity index (χ0) is 19.3. The van der Waals surface area contributed by atoms with Gasteiger partial charge in [0.2, 0.25) is 5.82 Å². The van der Waals surface area contributed by atoms with Crippen LogP contribution in [-0.4, -0.2) is 70.2 Å². The number of alkyl halides is 3. The lowest BCUT2D eigenvalue weighted by Crippen LogP contribution is -2.51. The number of nitrogens with zero attached hydrogens (tertiary/aromatic N) is 6. The summed E-state index contributed by atoms with van der Waals surface area (Å²) in [4.78, 5) is 25.4. The average Bonchev–Trinajstić information content (AvgIpc) is 3.35. The van der Waals surface area contributed by atoms with E-state index in [1.807, 2.05) is 4.90 Å². The molecule has 0 radical (unpaired) electrons. The van der Waals surface area contributed by atoms with Crippen molar-refractivity contribution < 1.29 is 22.5 Å². The van der Waals surface area contributed by atoms with Gasteiger partial charge >= 0.3 is 18.1 Å². The first-order chi connectivity index (χ1) is 12.7. The van der Waals surface area contributed by atoms with Crippen LogP contribution in [0.1, 0.15) is 12.3 Å². The van der Waals surface area contributed by atoms with Gasteiger partial charge < -0.3 is 19.2 Å². The molecule has 27 heavy (non-hydrogen) atoms. The van der Waals surface area contributed by atoms with Crippen LogP contribution in [0.3, 0.4) is 0 Å². The Hall–Kier alpha value is -2.85. The maximum atomic E-state index is 12.6. The molecule has 2 saturated heterocycles. The number of rotatable bonds is 2. The van der Waals surface area contributed by atoms with E-state index in [0.29, 0.717) is 24.5 Å². The van der Waals surface area contributed by atoms with Crippen molar-refractivity contribution in [1.82, 2.24) is 24.9 Å². The highest BCUT2D eigenvalue weighted by molar-refractivity contribution is 5.75. The SMILES string of the molecule is CN(C)C(=O)N1CC2CC1CN2c1ccc(-c2noc(C(F)(F)F)n2)cn1. The molecule has 4 rings (SSSR count). The smallest absolute Gasteiger partial charge is 0.350 e. The number of likely N-dealkylation sites (tertiary alicyclic amines) is 1. The Bertz CT molecular complexity index is 851. The summed E-state index contributed by atoms with van der Waals surface area (Å²) in [5.74, 6) is -0.834. The summed E-state index contributed by atoms with van der Waals surface area (Å²) >= 11 is 0. The average molecular weight is 382 g/mol. The first-order valence-corrected chi connectivity index (χ1v) is 8.36. The fourth-order valence-electron chi connectivity index (χ4n) is 3.58. The first-order valence-electron chi connectivity index (χ1n) is 8.36. The van der Waals surface area contributed by atoms with Gasteiger partial charge in [-0.2, -0.15) is 18.2 Å². The lowest BCUT2D eigenvalue weighted by Gasteiger charge is -2.36. The van der Waals surface area contributed by atoms with E-state index in [4.69, 9.17) is 0 Å². The number of hydrogen-bond acceptors (Lipinski definition) is 6. The van der Waals surface area contributed by atoms with Gasteiger partial charge in [0.15, 0.2) is 0 Å². The van der Waals surface area contributed by atoms with Crippen molar-refractivity contribution >= 4 is 11.8 Å². The molecular weight excluding hydrogens is 365 g/mol. The highest BCUT2D eigenvalue weighted by Gasteiger charge is 2.46. The largest absolute Gasteiger partial charge is 0.471 e. The Kier molecular flexibility index (Phi) is 3.97. The summed E-state index contributed by atoms with van der Waals surface area (Å²) in [5, 5.41) is 3.36. The van der Waals surface area contributed by atoms with E-state index in [-0.39, 0.29) is 23.9 Å². The molecule has 0 saturated carbocycles. The van der Waals surface area contributed by atoms with E-state index in [1.54, 1.807) is 31.1 Å². The normalized spacial score (nSPS) is 21.8. The molecule has 2 aliphatic rings. The topological polar surface area (TPSA) is 78.6 Å². The lowest BCUT2D eigenvalue weighted by molar-refractivity contribution is -0.159. The Morgan fingerprint density at radius 3 is 2.56 bits per heavy atom. The Balaban J connectivity index is 1.47. The molecule has 0 spiro atoms. The second-order valence-electron chi connectivity index (χ2n) is 6.85. The van der Waals surface area contributed by atoms with Gasteiger partial charge in [0, 0.05) is 38.9 Å². The summed E-state index contributed by atoms with van der Waals surface area (Å²) in [7, 11) is 3.46. The fraction of sp³-hybridized carbons (Fsp3) is 0.500. The van der Waals surface area contributed by atoms with E-state index >= 15 is 0 Å². The minimum atomic E-state index is -4.68. The van der Waals surface area contributed by atoms with Crippen LogP contribution < -0.4 is 4.90 Å². The Morgan fingerprint density at radius 2 is 2.04 bits per heavy atom. The van der Waals surface area contributed by atoms with Crippen LogP contribution in [-0.2, 0) is 6.18 Å². The second kappa shape index (κ2) is 6.10. The van der Waals surface area contributed by atoms with Gasteiger partial charge in [-0.3, -0.25) is 0 Å². The van der Waals surface area contributed by atoms with Crippen molar-refractivity contribution in [3.8, 4) is 11.4 Å². The molecule has 2 amide bonds. The number of hydrogen-bond donors (Lipinski definition) is 0. The predicted octanol–water partition coefficient (Wildman–Crippen LogP) is 2.09. The quantitative estimate of drug-likeness (QED) is 0.792. The van der Waals surface area contributed by atoms with Crippen molar-refractivity contribution in [1.29, 1.82) is 0 Å². The van der Waals surface area contributed by atoms with Crippen LogP contribution in [0.5, 0.6) is 0 Å². The number of fused-ring (bicyclic) bond motifs is 2. The predicted molar refractivity (Wildman–Crippen MR) is 87.9 cm³/mol. The highest BCUT2D eigenvalue weighted by atomic mass is 19.4. The molecule has 8 nitrogen and oxygen atoms in total. The molecule has 0 aliphatic carbocycles. The molecule has 2 aliphatic heterocycles. The maximum absolute atomic E-state index is 12.6. The van der Waals surface area contributed by atoms with Gasteiger partial charge in [-0.1, -0.05) is 5.16 Å². The summed E-state index contributed by atoms with van der Waals surface area (Å²) in [6.07, 6.45) is -2.37. The van der Waals surface area contributed by atoms with Crippen molar-refractivity contribution in [2.75, 3.05) is 32.1 Å². The molecule has 2 aromatic heterocycles. The lowest BCUT2D eigenvalue weighted by atomic mass is 10.2. The zero-order valence-corrected chi connectivity index (χ0v) is 14.6. The van der Waals surface area contributed by atoms with Gasteiger partial charge in [0.25, 0.3) is 0 Å². The van der Waals surface area contributed by atoms with Gasteiger partial charge in [-0.05, 0) is 18.6 Å². The van der Waals surface area contributed by atoms with E-state index in [0.717, 1.165) is 6.42 Å². The van der Waals surface area contributed by atoms with Gasteiger partial charge in [-0.15, -0.1) is 0 Å². The molecule has 11 heteroatoms. The monoisotopic (exact) mass is 382 g/mol. The van der Waals surface area contributed by atoms with Crippen molar-refractivity contribution in [2.24, 2.45) is 0 Å². The molecular formula is C16H17F3N6O2. The van der Waals surface area contributed by atoms with Gasteiger partial charge in [-0.25, -0.2) is 9.78 Å². The molecule has 2 fully saturated rings. The van der Waals surface area contributed by atoms with Gasteiger partial charge in [0.1, 0.15) is 5.82 Å². The molecule has 2 atom stereocenters. The van der Waals surface area contributed by atoms with Crippen molar-refractivity contribution in [3.05, 3.63) is 24.2 Å². The van der Waals surface area contributed by atoms with Crippen molar-refractivity contribution in [3.63, 3.8) is 0 Å². The van der Waals surface area contributed by atoms with Crippen LogP contribution in [0.15, 0.2) is 22.9 Å². The molecule has 4 heterocycles. The van der Waals surface area contributed by atoms with Crippen LogP contribution >= 0.6 is 0 Å². The number of urea groups is 1. The number of amides is 2. The number of pyridine rings is 1. The highest BCUT2D eigenvalue weighted by Crippen LogP contribution is 2.35. The molecule has 0 N–H and O–H groups in total. The minimum absolute atomic E-state index is 0.00281. The Morgan fingerprint density at radius 1 is 1.26 bits per heavy atom. The van der Waals surface area contributed by atoms with Crippen LogP contribution in [0.4, 0.5) is 23.8 Å². The third kappa shape index (κ3) is 3.06. The van der Waals surface area contributed by atoms with E-state index in [1.165, 1.54) is 6.20 Å². The number of carbonyl (C=O) groups excluding carboxylic acids is 1. The molecule has 2 aromatic rings. The molecule has 2 bridgehead atoms. The van der Waals surface area contributed by atoms with Crippen LogP contribution in [0.2, 0.25) is 0 Å². The maximum Gasteiger partial charge on any atom is 0.471 e. The van der Waals surface area contributed by atoms with Crippen molar-refractivity contribution in [2.45, 2.75) is 24.7 Å². The minimum Gasteiger partial charge on any atom is -0.350 e. The summed E-state index contributed by atoms with van der Waals surface area (Å²) in [6, 6.07) is 3.65. The van der Waals surface area contributed by atoms with Crippen LogP contribution in [0.25, 0.3) is 11.4 Å². The summed E-state index contributed by atoms with van der Waals surface area (Å²) in [6.45, 7) is 1.31. The third-order valence-corrected chi connectivity index (χ3v) is 4.84. The van der Waals surface area contributed by atoms with E-state index < -0.39 is 12.1 Å². The second-order valence-corrected chi connectivity index (χ2v) is 6.85. The van der Waals surface area contributed by atoms with Crippen LogP contribution in [0, 0.1) is 0 Å². The summed E-state index contributed by atoms with van der Waals surface area (Å²) in [5.41, 5.74) is 0.340. The summed E-state index contributed by atoms with van der Waals surface area (Å²) < 4.78 is 41.9. The first kappa shape index (κ1) is 17.6. The number of aromatic nitrogens is 3. The van der Waals surface area contributed by atoms with E-state index in [2.05, 4.69) is 24.5 Å². The third-order valence-electron chi connectivity index (χ3n) is 4.84. The zero-order valence-electron chi connectivity index (χ0n) is 14.6. The number of halogens is 3. The standard InChI is InChI=1S/C16H17F3N6O2/c1-23(2)15(26)25-8-10-5-11(25)7-24(10)12-4-3-9(6-20-12)13-21-14(27-22-13)16(17,18)19/h3-4,6,10-11H,5,7-8H2,1-2H3. The molecule has 0 aromatic carbocycles. The molecule has 144 valence electrons. The number of piperazine rings is 1. The number of carbonyl (C=O) groups is 1. The van der Waals surface area contributed by atoms with Gasteiger partial charge in [0.05, 0.1) is 12.1 Å². The fourth-order valence-corrected chi connectivity index (χ4v) is 3.58.